The number of amides is 1. The van der Waals surface area contributed by atoms with E-state index in [1.54, 1.807) is 25.4 Å². The van der Waals surface area contributed by atoms with Crippen LogP contribution in [0.4, 0.5) is 11.6 Å². The highest BCUT2D eigenvalue weighted by atomic mass is 35.5. The van der Waals surface area contributed by atoms with E-state index in [9.17, 15) is 13.2 Å². The molecule has 2 N–H and O–H groups in total. The van der Waals surface area contributed by atoms with Crippen molar-refractivity contribution in [3.63, 3.8) is 0 Å². The molecule has 11 nitrogen and oxygen atoms in total. The van der Waals surface area contributed by atoms with Gasteiger partial charge in [-0.1, -0.05) is 11.8 Å². The van der Waals surface area contributed by atoms with Gasteiger partial charge in [0.05, 0.1) is 10.6 Å². The zero-order chi connectivity index (χ0) is 24.8. The molecule has 0 aliphatic rings. The van der Waals surface area contributed by atoms with Crippen LogP contribution in [0.15, 0.2) is 71.1 Å². The molecule has 0 radical (unpaired) electrons. The lowest BCUT2D eigenvalue weighted by molar-refractivity contribution is -0.113. The number of nitrogens with one attached hydrogen (secondary N) is 2. The molecule has 0 unspecified atom stereocenters. The first-order valence-corrected chi connectivity index (χ1v) is 13.0. The number of sulfonamides is 1. The third kappa shape index (κ3) is 6.56. The van der Waals surface area contributed by atoms with Gasteiger partial charge < -0.3 is 9.88 Å². The molecule has 0 atom stereocenters. The molecule has 4 aromatic rings. The Hall–Kier alpha value is -3.55. The number of halogens is 1. The van der Waals surface area contributed by atoms with Crippen LogP contribution in [0.1, 0.15) is 12.6 Å². The molecule has 0 bridgehead atoms. The minimum atomic E-state index is -3.86. The van der Waals surface area contributed by atoms with Gasteiger partial charge in [-0.05, 0) is 56.3 Å². The number of aryl methyl sites for hydroxylation is 1. The van der Waals surface area contributed by atoms with Crippen LogP contribution in [-0.4, -0.2) is 49.8 Å². The predicted octanol–water partition coefficient (Wildman–Crippen LogP) is 3.41. The van der Waals surface area contributed by atoms with Gasteiger partial charge in [0.2, 0.25) is 11.9 Å². The standard InChI is InChI=1S/C22H22N8O3S2.ClH/c1-3-30-20(16-9-11-23-12-10-16)27-28-22(30)34-14-19(31)26-17-4-6-18(7-5-17)35(32,33)29-21-24-13-8-15(2)25-21;/h4-13H,3,14H2,1-2H3,(H,26,31)(H,24,25,29);1H. The first-order chi connectivity index (χ1) is 16.9. The Morgan fingerprint density at radius 2 is 1.75 bits per heavy atom. The Morgan fingerprint density at radius 3 is 2.42 bits per heavy atom. The van der Waals surface area contributed by atoms with Gasteiger partial charge in [0.15, 0.2) is 11.0 Å². The number of benzene rings is 1. The maximum atomic E-state index is 12.6. The first kappa shape index (κ1) is 27.0. The van der Waals surface area contributed by atoms with Crippen molar-refractivity contribution in [2.45, 2.75) is 30.4 Å². The van der Waals surface area contributed by atoms with Crippen molar-refractivity contribution < 1.29 is 13.2 Å². The summed E-state index contributed by atoms with van der Waals surface area (Å²) >= 11 is 1.27. The Morgan fingerprint density at radius 1 is 1.03 bits per heavy atom. The highest BCUT2D eigenvalue weighted by Gasteiger charge is 2.17. The smallest absolute Gasteiger partial charge is 0.264 e. The van der Waals surface area contributed by atoms with Crippen LogP contribution >= 0.6 is 24.2 Å². The largest absolute Gasteiger partial charge is 0.325 e. The third-order valence-electron chi connectivity index (χ3n) is 4.77. The fourth-order valence-electron chi connectivity index (χ4n) is 3.12. The van der Waals surface area contributed by atoms with Crippen molar-refractivity contribution in [1.29, 1.82) is 0 Å². The van der Waals surface area contributed by atoms with Crippen molar-refractivity contribution in [3.8, 4) is 11.4 Å². The molecule has 14 heteroatoms. The molecular weight excluding hydrogens is 524 g/mol. The zero-order valence-electron chi connectivity index (χ0n) is 19.3. The van der Waals surface area contributed by atoms with Crippen LogP contribution in [0.25, 0.3) is 11.4 Å². The van der Waals surface area contributed by atoms with Gasteiger partial charge in [-0.25, -0.2) is 23.1 Å². The summed E-state index contributed by atoms with van der Waals surface area (Å²) < 4.78 is 29.4. The number of pyridine rings is 1. The van der Waals surface area contributed by atoms with E-state index in [0.29, 0.717) is 28.9 Å². The molecule has 3 aromatic heterocycles. The summed E-state index contributed by atoms with van der Waals surface area (Å²) in [5, 5.41) is 11.8. The number of anilines is 2. The van der Waals surface area contributed by atoms with E-state index in [1.165, 1.54) is 42.2 Å². The summed E-state index contributed by atoms with van der Waals surface area (Å²) in [6, 6.07) is 11.2. The summed E-state index contributed by atoms with van der Waals surface area (Å²) in [6.45, 7) is 4.36. The van der Waals surface area contributed by atoms with Crippen molar-refractivity contribution in [2.24, 2.45) is 0 Å². The Labute approximate surface area is 218 Å². The molecule has 0 saturated carbocycles. The molecule has 0 saturated heterocycles. The number of aromatic nitrogens is 6. The Balaban J connectivity index is 0.00000361. The molecule has 1 aromatic carbocycles. The Kier molecular flexibility index (Phi) is 8.96. The van der Waals surface area contributed by atoms with Crippen LogP contribution < -0.4 is 10.0 Å². The van der Waals surface area contributed by atoms with E-state index in [0.717, 1.165) is 5.56 Å². The van der Waals surface area contributed by atoms with Crippen LogP contribution in [0.2, 0.25) is 0 Å². The SMILES string of the molecule is CCn1c(SCC(=O)Nc2ccc(S(=O)(=O)Nc3nccc(C)n3)cc2)nnc1-c1ccncc1.Cl. The molecular formula is C22H23ClN8O3S2. The van der Waals surface area contributed by atoms with Gasteiger partial charge in [0.25, 0.3) is 10.0 Å². The highest BCUT2D eigenvalue weighted by Crippen LogP contribution is 2.24. The zero-order valence-corrected chi connectivity index (χ0v) is 21.8. The number of hydrogen-bond acceptors (Lipinski definition) is 9. The summed E-state index contributed by atoms with van der Waals surface area (Å²) in [4.78, 5) is 24.5. The van der Waals surface area contributed by atoms with Crippen molar-refractivity contribution >= 4 is 51.7 Å². The summed E-state index contributed by atoms with van der Waals surface area (Å²) in [6.07, 6.45) is 4.85. The monoisotopic (exact) mass is 546 g/mol. The van der Waals surface area contributed by atoms with Crippen LogP contribution in [0.5, 0.6) is 0 Å². The lowest BCUT2D eigenvalue weighted by Crippen LogP contribution is -2.16. The van der Waals surface area contributed by atoms with E-state index in [4.69, 9.17) is 0 Å². The molecule has 0 fully saturated rings. The van der Waals surface area contributed by atoms with Gasteiger partial charge >= 0.3 is 0 Å². The molecule has 3 heterocycles. The van der Waals surface area contributed by atoms with E-state index in [1.807, 2.05) is 23.6 Å². The number of carbonyl (C=O) groups excluding carboxylic acids is 1. The van der Waals surface area contributed by atoms with E-state index in [-0.39, 0.29) is 34.9 Å². The van der Waals surface area contributed by atoms with Crippen molar-refractivity contribution in [3.05, 3.63) is 66.7 Å². The molecule has 0 aliphatic heterocycles. The lowest BCUT2D eigenvalue weighted by Gasteiger charge is -2.09. The van der Waals surface area contributed by atoms with Crippen LogP contribution in [0.3, 0.4) is 0 Å². The minimum Gasteiger partial charge on any atom is -0.325 e. The topological polar surface area (TPSA) is 145 Å². The summed E-state index contributed by atoms with van der Waals surface area (Å²) in [5.74, 6) is 0.555. The third-order valence-corrected chi connectivity index (χ3v) is 7.08. The molecule has 36 heavy (non-hydrogen) atoms. The predicted molar refractivity (Wildman–Crippen MR) is 140 cm³/mol. The van der Waals surface area contributed by atoms with Gasteiger partial charge in [-0.2, -0.15) is 0 Å². The second-order valence-corrected chi connectivity index (χ2v) is 9.90. The number of carbonyl (C=O) groups is 1. The van der Waals surface area contributed by atoms with Crippen molar-refractivity contribution in [1.82, 2.24) is 29.7 Å². The molecule has 0 aliphatic carbocycles. The Bertz CT molecular complexity index is 1430. The average Bonchev–Trinajstić information content (AvgIpc) is 3.26. The van der Waals surface area contributed by atoms with E-state index >= 15 is 0 Å². The van der Waals surface area contributed by atoms with Crippen LogP contribution in [0, 0.1) is 6.92 Å². The fraction of sp³-hybridized carbons (Fsp3) is 0.182. The maximum absolute atomic E-state index is 12.6. The minimum absolute atomic E-state index is 0. The van der Waals surface area contributed by atoms with Gasteiger partial charge in [-0.15, -0.1) is 22.6 Å². The lowest BCUT2D eigenvalue weighted by atomic mass is 10.2. The van der Waals surface area contributed by atoms with E-state index < -0.39 is 10.0 Å². The average molecular weight is 547 g/mol. The van der Waals surface area contributed by atoms with Gasteiger partial charge in [0.1, 0.15) is 0 Å². The van der Waals surface area contributed by atoms with Gasteiger partial charge in [-0.3, -0.25) is 9.78 Å². The van der Waals surface area contributed by atoms with Crippen molar-refractivity contribution in [2.75, 3.05) is 15.8 Å². The number of thioether (sulfide) groups is 1. The second kappa shape index (κ2) is 11.9. The molecule has 1 amide bonds. The number of rotatable bonds is 9. The number of hydrogen-bond donors (Lipinski definition) is 2. The summed E-state index contributed by atoms with van der Waals surface area (Å²) in [7, 11) is -3.86. The second-order valence-electron chi connectivity index (χ2n) is 7.27. The molecule has 4 rings (SSSR count). The summed E-state index contributed by atoms with van der Waals surface area (Å²) in [5.41, 5.74) is 2.00. The molecule has 0 spiro atoms. The first-order valence-electron chi connectivity index (χ1n) is 10.5. The molecule has 188 valence electrons. The van der Waals surface area contributed by atoms with Gasteiger partial charge in [0, 0.05) is 42.1 Å². The quantitative estimate of drug-likeness (QED) is 0.301. The van der Waals surface area contributed by atoms with Crippen LogP contribution in [-0.2, 0) is 21.4 Å². The van der Waals surface area contributed by atoms with E-state index in [2.05, 4.69) is 35.2 Å². The maximum Gasteiger partial charge on any atom is 0.264 e. The normalized spacial score (nSPS) is 10.9. The fourth-order valence-corrected chi connectivity index (χ4v) is 4.87. The number of nitrogens with zero attached hydrogens (tertiary/aromatic N) is 6. The highest BCUT2D eigenvalue weighted by molar-refractivity contribution is 7.99.